The minimum atomic E-state index is -0.534. The van der Waals surface area contributed by atoms with Crippen molar-refractivity contribution in [3.05, 3.63) is 30.2 Å². The van der Waals surface area contributed by atoms with Crippen LogP contribution in [0.4, 0.5) is 5.82 Å². The highest BCUT2D eigenvalue weighted by Crippen LogP contribution is 2.19. The second-order valence-electron chi connectivity index (χ2n) is 3.55. The molecule has 2 aromatic heterocycles. The largest absolute Gasteiger partial charge is 0.461 e. The molecule has 0 aliphatic heterocycles. The molecule has 0 unspecified atom stereocenters. The van der Waals surface area contributed by atoms with Gasteiger partial charge in [-0.05, 0) is 13.8 Å². The first-order chi connectivity index (χ1) is 8.65. The van der Waals surface area contributed by atoms with Crippen LogP contribution in [-0.2, 0) is 4.74 Å². The van der Waals surface area contributed by atoms with Gasteiger partial charge in [-0.1, -0.05) is 0 Å². The zero-order valence-corrected chi connectivity index (χ0v) is 10.1. The van der Waals surface area contributed by atoms with Crippen molar-refractivity contribution < 1.29 is 9.53 Å². The third kappa shape index (κ3) is 2.02. The summed E-state index contributed by atoms with van der Waals surface area (Å²) in [6, 6.07) is 0. The molecule has 0 atom stereocenters. The molecule has 0 bridgehead atoms. The number of aryl methyl sites for hydroxylation is 1. The van der Waals surface area contributed by atoms with Crippen molar-refractivity contribution >= 4 is 11.8 Å². The second kappa shape index (κ2) is 4.82. The molecule has 2 aromatic rings. The molecule has 7 heteroatoms. The van der Waals surface area contributed by atoms with Crippen LogP contribution in [0.25, 0.3) is 5.69 Å². The summed E-state index contributed by atoms with van der Waals surface area (Å²) in [5.74, 6) is 0.264. The average Bonchev–Trinajstić information content (AvgIpc) is 2.66. The Morgan fingerprint density at radius 3 is 2.72 bits per heavy atom. The van der Waals surface area contributed by atoms with Gasteiger partial charge in [0.25, 0.3) is 0 Å². The summed E-state index contributed by atoms with van der Waals surface area (Å²) in [5, 5.41) is 0. The third-order valence-corrected chi connectivity index (χ3v) is 2.35. The van der Waals surface area contributed by atoms with Crippen LogP contribution in [0.1, 0.15) is 23.2 Å². The average molecular weight is 247 g/mol. The molecule has 94 valence electrons. The number of anilines is 1. The van der Waals surface area contributed by atoms with Crippen LogP contribution in [0.5, 0.6) is 0 Å². The Morgan fingerprint density at radius 2 is 2.11 bits per heavy atom. The molecule has 0 radical (unpaired) electrons. The van der Waals surface area contributed by atoms with Gasteiger partial charge in [-0.3, -0.25) is 4.57 Å². The summed E-state index contributed by atoms with van der Waals surface area (Å²) in [6.07, 6.45) is 4.60. The highest BCUT2D eigenvalue weighted by atomic mass is 16.5. The Hall–Kier alpha value is -2.44. The molecular weight excluding hydrogens is 234 g/mol. The topological polar surface area (TPSA) is 95.9 Å². The number of nitrogen functional groups attached to an aromatic ring is 1. The van der Waals surface area contributed by atoms with E-state index in [0.29, 0.717) is 11.5 Å². The van der Waals surface area contributed by atoms with Crippen molar-refractivity contribution in [1.29, 1.82) is 0 Å². The van der Waals surface area contributed by atoms with Gasteiger partial charge in [0.2, 0.25) is 0 Å². The van der Waals surface area contributed by atoms with Gasteiger partial charge in [0.1, 0.15) is 18.0 Å². The molecule has 18 heavy (non-hydrogen) atoms. The summed E-state index contributed by atoms with van der Waals surface area (Å²) in [7, 11) is 0. The summed E-state index contributed by atoms with van der Waals surface area (Å²) in [6.45, 7) is 3.74. The lowest BCUT2D eigenvalue weighted by molar-refractivity contribution is 0.0521. The number of hydrogen-bond donors (Lipinski definition) is 1. The van der Waals surface area contributed by atoms with Crippen molar-refractivity contribution in [3.63, 3.8) is 0 Å². The molecule has 0 aromatic carbocycles. The van der Waals surface area contributed by atoms with E-state index in [1.165, 1.54) is 6.33 Å². The van der Waals surface area contributed by atoms with Gasteiger partial charge in [0, 0.05) is 0 Å². The van der Waals surface area contributed by atoms with Crippen LogP contribution in [0, 0.1) is 6.92 Å². The highest BCUT2D eigenvalue weighted by Gasteiger charge is 2.20. The maximum absolute atomic E-state index is 11.7. The number of carbonyl (C=O) groups is 1. The molecular formula is C11H13N5O2. The quantitative estimate of drug-likeness (QED) is 0.803. The molecule has 0 aliphatic carbocycles. The lowest BCUT2D eigenvalue weighted by Gasteiger charge is -2.05. The van der Waals surface area contributed by atoms with E-state index in [-0.39, 0.29) is 18.1 Å². The van der Waals surface area contributed by atoms with E-state index in [9.17, 15) is 4.79 Å². The molecule has 0 fully saturated rings. The van der Waals surface area contributed by atoms with Gasteiger partial charge < -0.3 is 10.5 Å². The number of aromatic nitrogens is 4. The van der Waals surface area contributed by atoms with E-state index in [2.05, 4.69) is 15.0 Å². The van der Waals surface area contributed by atoms with E-state index in [0.717, 1.165) is 0 Å². The minimum Gasteiger partial charge on any atom is -0.461 e. The van der Waals surface area contributed by atoms with E-state index in [4.69, 9.17) is 10.5 Å². The molecule has 0 amide bonds. The maximum Gasteiger partial charge on any atom is 0.360 e. The summed E-state index contributed by atoms with van der Waals surface area (Å²) in [4.78, 5) is 23.6. The molecule has 2 N–H and O–H groups in total. The minimum absolute atomic E-state index is 0.109. The SMILES string of the molecule is CCOC(=O)c1nc(C)n(-c2cncnc2)c1N. The van der Waals surface area contributed by atoms with Gasteiger partial charge >= 0.3 is 5.97 Å². The molecule has 0 spiro atoms. The summed E-state index contributed by atoms with van der Waals surface area (Å²) < 4.78 is 6.49. The number of carbonyl (C=O) groups excluding carboxylic acids is 1. The Bertz CT molecular complexity index is 564. The van der Waals surface area contributed by atoms with Gasteiger partial charge in [-0.2, -0.15) is 0 Å². The summed E-state index contributed by atoms with van der Waals surface area (Å²) in [5.41, 5.74) is 6.67. The molecule has 7 nitrogen and oxygen atoms in total. The standard InChI is InChI=1S/C11H13N5O2/c1-3-18-11(17)9-10(12)16(7(2)15-9)8-4-13-6-14-5-8/h4-6H,3,12H2,1-2H3. The fourth-order valence-corrected chi connectivity index (χ4v) is 1.63. The van der Waals surface area contributed by atoms with Crippen LogP contribution in [-0.4, -0.2) is 32.1 Å². The zero-order valence-electron chi connectivity index (χ0n) is 10.1. The van der Waals surface area contributed by atoms with Crippen LogP contribution < -0.4 is 5.73 Å². The van der Waals surface area contributed by atoms with Gasteiger partial charge in [-0.25, -0.2) is 19.7 Å². The lowest BCUT2D eigenvalue weighted by Crippen LogP contribution is -2.09. The normalized spacial score (nSPS) is 10.3. The van der Waals surface area contributed by atoms with E-state index < -0.39 is 5.97 Å². The van der Waals surface area contributed by atoms with Crippen LogP contribution in [0.3, 0.4) is 0 Å². The van der Waals surface area contributed by atoms with Crippen molar-refractivity contribution in [2.24, 2.45) is 0 Å². The number of nitrogens with two attached hydrogens (primary N) is 1. The Balaban J connectivity index is 2.48. The van der Waals surface area contributed by atoms with E-state index in [1.807, 2.05) is 0 Å². The number of rotatable bonds is 3. The molecule has 0 aliphatic rings. The Kier molecular flexibility index (Phi) is 3.22. The van der Waals surface area contributed by atoms with Crippen molar-refractivity contribution in [2.45, 2.75) is 13.8 Å². The smallest absolute Gasteiger partial charge is 0.360 e. The third-order valence-electron chi connectivity index (χ3n) is 2.35. The van der Waals surface area contributed by atoms with Crippen molar-refractivity contribution in [1.82, 2.24) is 19.5 Å². The van der Waals surface area contributed by atoms with Crippen LogP contribution in [0.2, 0.25) is 0 Å². The van der Waals surface area contributed by atoms with Crippen molar-refractivity contribution in [3.8, 4) is 5.69 Å². The number of imidazole rings is 1. The molecule has 0 saturated carbocycles. The molecule has 2 heterocycles. The van der Waals surface area contributed by atoms with Crippen LogP contribution in [0.15, 0.2) is 18.7 Å². The second-order valence-corrected chi connectivity index (χ2v) is 3.55. The first-order valence-electron chi connectivity index (χ1n) is 5.42. The van der Waals surface area contributed by atoms with E-state index >= 15 is 0 Å². The number of hydrogen-bond acceptors (Lipinski definition) is 6. The zero-order chi connectivity index (χ0) is 13.1. The fraction of sp³-hybridized carbons (Fsp3) is 0.273. The first-order valence-corrected chi connectivity index (χ1v) is 5.42. The number of nitrogens with zero attached hydrogens (tertiary/aromatic N) is 4. The Labute approximate surface area is 104 Å². The van der Waals surface area contributed by atoms with Gasteiger partial charge in [0.15, 0.2) is 5.69 Å². The Morgan fingerprint density at radius 1 is 1.44 bits per heavy atom. The fourth-order valence-electron chi connectivity index (χ4n) is 1.63. The predicted molar refractivity (Wildman–Crippen MR) is 64.3 cm³/mol. The molecule has 2 rings (SSSR count). The monoisotopic (exact) mass is 247 g/mol. The predicted octanol–water partition coefficient (Wildman–Crippen LogP) is 0.730. The van der Waals surface area contributed by atoms with Gasteiger partial charge in [0.05, 0.1) is 24.7 Å². The van der Waals surface area contributed by atoms with Gasteiger partial charge in [-0.15, -0.1) is 0 Å². The van der Waals surface area contributed by atoms with Crippen LogP contribution >= 0.6 is 0 Å². The summed E-state index contributed by atoms with van der Waals surface area (Å²) >= 11 is 0. The maximum atomic E-state index is 11.7. The van der Waals surface area contributed by atoms with Crippen molar-refractivity contribution in [2.75, 3.05) is 12.3 Å². The first kappa shape index (κ1) is 12.0. The van der Waals surface area contributed by atoms with E-state index in [1.54, 1.807) is 30.8 Å². The number of esters is 1. The number of ether oxygens (including phenoxy) is 1. The molecule has 0 saturated heterocycles. The lowest BCUT2D eigenvalue weighted by atomic mass is 10.4. The highest BCUT2D eigenvalue weighted by molar-refractivity contribution is 5.92.